The lowest BCUT2D eigenvalue weighted by Gasteiger charge is -2.36. The molecule has 158 valence electrons. The average Bonchev–Trinajstić information content (AvgIpc) is 2.50. The molecule has 0 aromatic rings. The van der Waals surface area contributed by atoms with E-state index < -0.39 is 51.1 Å². The van der Waals surface area contributed by atoms with Gasteiger partial charge in [-0.25, -0.2) is 0 Å². The van der Waals surface area contributed by atoms with E-state index >= 15 is 0 Å². The van der Waals surface area contributed by atoms with Gasteiger partial charge in [-0.05, 0) is 32.6 Å². The van der Waals surface area contributed by atoms with Crippen molar-refractivity contribution in [2.45, 2.75) is 69.1 Å². The number of halogens is 5. The van der Waals surface area contributed by atoms with Crippen LogP contribution in [-0.2, 0) is 29.2 Å². The van der Waals surface area contributed by atoms with Crippen molar-refractivity contribution in [3.63, 3.8) is 0 Å². The summed E-state index contributed by atoms with van der Waals surface area (Å²) in [6.45, 7) is 3.12. The quantitative estimate of drug-likeness (QED) is 0.395. The van der Waals surface area contributed by atoms with E-state index in [4.69, 9.17) is 9.29 Å². The van der Waals surface area contributed by atoms with Gasteiger partial charge in [0.1, 0.15) is 5.60 Å². The van der Waals surface area contributed by atoms with Crippen LogP contribution < -0.4 is 0 Å². The zero-order chi connectivity index (χ0) is 21.3. The Kier molecular flexibility index (Phi) is 6.85. The highest BCUT2D eigenvalue weighted by Gasteiger charge is 2.66. The van der Waals surface area contributed by atoms with Crippen LogP contribution in [0.5, 0.6) is 0 Å². The number of carbonyl (C=O) groups excluding carboxylic acids is 2. The minimum atomic E-state index is -6.48. The van der Waals surface area contributed by atoms with Gasteiger partial charge in [-0.15, -0.1) is 0 Å². The van der Waals surface area contributed by atoms with Crippen molar-refractivity contribution in [1.29, 1.82) is 0 Å². The fourth-order valence-electron chi connectivity index (χ4n) is 2.59. The highest BCUT2D eigenvalue weighted by molar-refractivity contribution is 7.86. The summed E-state index contributed by atoms with van der Waals surface area (Å²) in [4.78, 5) is 23.2. The fourth-order valence-corrected chi connectivity index (χ4v) is 3.04. The Labute approximate surface area is 151 Å². The minimum Gasteiger partial charge on any atom is -0.459 e. The lowest BCUT2D eigenvalue weighted by Crippen LogP contribution is -2.53. The van der Waals surface area contributed by atoms with E-state index in [-0.39, 0.29) is 32.1 Å². The summed E-state index contributed by atoms with van der Waals surface area (Å²) in [5, 5.41) is -5.76. The van der Waals surface area contributed by atoms with Crippen LogP contribution in [0.25, 0.3) is 0 Å². The van der Waals surface area contributed by atoms with Crippen molar-refractivity contribution in [2.75, 3.05) is 0 Å². The zero-order valence-electron chi connectivity index (χ0n) is 14.4. The molecule has 1 N–H and O–H groups in total. The first-order chi connectivity index (χ1) is 12.0. The van der Waals surface area contributed by atoms with Crippen LogP contribution >= 0.6 is 0 Å². The molecule has 27 heavy (non-hydrogen) atoms. The molecule has 1 saturated carbocycles. The van der Waals surface area contributed by atoms with Gasteiger partial charge in [-0.3, -0.25) is 14.1 Å². The number of alkyl halides is 5. The molecule has 0 spiro atoms. The molecule has 1 fully saturated rings. The summed E-state index contributed by atoms with van der Waals surface area (Å²) in [5.74, 6) is -3.41. The van der Waals surface area contributed by atoms with Crippen molar-refractivity contribution in [2.24, 2.45) is 5.92 Å². The number of ether oxygens (including phenoxy) is 2. The second-order valence-electron chi connectivity index (χ2n) is 6.45. The lowest BCUT2D eigenvalue weighted by atomic mass is 9.79. The Balaban J connectivity index is 2.87. The van der Waals surface area contributed by atoms with Gasteiger partial charge in [0.15, 0.2) is 0 Å². The van der Waals surface area contributed by atoms with Crippen LogP contribution in [0.2, 0.25) is 0 Å². The van der Waals surface area contributed by atoms with Crippen LogP contribution in [0.1, 0.15) is 46.0 Å². The molecule has 0 aromatic carbocycles. The Morgan fingerprint density at radius 3 is 2.04 bits per heavy atom. The van der Waals surface area contributed by atoms with E-state index in [1.165, 1.54) is 0 Å². The summed E-state index contributed by atoms with van der Waals surface area (Å²) in [7, 11) is -6.48. The summed E-state index contributed by atoms with van der Waals surface area (Å²) in [6, 6.07) is 0. The van der Waals surface area contributed by atoms with Gasteiger partial charge in [-0.1, -0.05) is 6.92 Å². The molecule has 1 unspecified atom stereocenters. The summed E-state index contributed by atoms with van der Waals surface area (Å²) < 4.78 is 104. The molecule has 0 amide bonds. The monoisotopic (exact) mass is 426 g/mol. The van der Waals surface area contributed by atoms with Crippen molar-refractivity contribution in [3.8, 4) is 0 Å². The van der Waals surface area contributed by atoms with Gasteiger partial charge in [-0.2, -0.15) is 30.4 Å². The van der Waals surface area contributed by atoms with Crippen LogP contribution in [0.15, 0.2) is 0 Å². The third-order valence-corrected chi connectivity index (χ3v) is 5.11. The average molecular weight is 426 g/mol. The van der Waals surface area contributed by atoms with E-state index in [0.29, 0.717) is 0 Å². The third kappa shape index (κ3) is 5.74. The van der Waals surface area contributed by atoms with Crippen molar-refractivity contribution < 1.29 is 54.0 Å². The van der Waals surface area contributed by atoms with Crippen LogP contribution in [0, 0.1) is 5.92 Å². The van der Waals surface area contributed by atoms with Crippen LogP contribution in [0.3, 0.4) is 0 Å². The molecule has 0 aromatic heterocycles. The van der Waals surface area contributed by atoms with E-state index in [9.17, 15) is 40.0 Å². The molecule has 1 rings (SSSR count). The summed E-state index contributed by atoms with van der Waals surface area (Å²) >= 11 is 0. The standard InChI is InChI=1S/C14H19F5O7S/c1-3-9(20)26-12(2)6-4-8(5-7-12)10(21)25-11(13(15,16)17)14(18,19)27(22,23)24/h8,11H,3-7H2,1-2H3,(H,22,23,24). The minimum absolute atomic E-state index is 0.0733. The number of rotatable bonds is 6. The highest BCUT2D eigenvalue weighted by Crippen LogP contribution is 2.40. The second-order valence-corrected chi connectivity index (χ2v) is 7.94. The number of esters is 2. The number of hydrogen-bond acceptors (Lipinski definition) is 6. The fraction of sp³-hybridized carbons (Fsp3) is 0.857. The predicted molar refractivity (Wildman–Crippen MR) is 79.2 cm³/mol. The van der Waals surface area contributed by atoms with E-state index in [0.717, 1.165) is 0 Å². The van der Waals surface area contributed by atoms with Crippen molar-refractivity contribution in [1.82, 2.24) is 0 Å². The van der Waals surface area contributed by atoms with Gasteiger partial charge < -0.3 is 9.47 Å². The number of carbonyl (C=O) groups is 2. The molecular weight excluding hydrogens is 407 g/mol. The molecular formula is C14H19F5O7S. The van der Waals surface area contributed by atoms with E-state index in [1.54, 1.807) is 13.8 Å². The summed E-state index contributed by atoms with van der Waals surface area (Å²) in [6.07, 6.45) is -10.3. The Hall–Kier alpha value is -1.50. The normalized spacial score (nSPS) is 25.6. The maximum absolute atomic E-state index is 13.4. The van der Waals surface area contributed by atoms with E-state index in [2.05, 4.69) is 4.74 Å². The summed E-state index contributed by atoms with van der Waals surface area (Å²) in [5.41, 5.74) is -0.953. The molecule has 1 aliphatic rings. The smallest absolute Gasteiger partial charge is 0.432 e. The SMILES string of the molecule is CCC(=O)OC1(C)CCC(C(=O)OC(C(F)(F)F)C(F)(F)S(=O)(=O)O)CC1. The molecule has 0 bridgehead atoms. The molecule has 0 heterocycles. The number of hydrogen-bond donors (Lipinski definition) is 1. The molecule has 7 nitrogen and oxygen atoms in total. The highest BCUT2D eigenvalue weighted by atomic mass is 32.2. The third-order valence-electron chi connectivity index (χ3n) is 4.21. The molecule has 1 aliphatic carbocycles. The molecule has 0 aliphatic heterocycles. The topological polar surface area (TPSA) is 107 Å². The lowest BCUT2D eigenvalue weighted by molar-refractivity contribution is -0.261. The van der Waals surface area contributed by atoms with E-state index in [1.807, 2.05) is 0 Å². The first-order valence-corrected chi connectivity index (χ1v) is 9.31. The van der Waals surface area contributed by atoms with Gasteiger partial charge in [0.25, 0.3) is 6.10 Å². The molecule has 13 heteroatoms. The first-order valence-electron chi connectivity index (χ1n) is 7.87. The van der Waals surface area contributed by atoms with Gasteiger partial charge in [0, 0.05) is 6.42 Å². The zero-order valence-corrected chi connectivity index (χ0v) is 15.2. The Morgan fingerprint density at radius 1 is 1.19 bits per heavy atom. The largest absolute Gasteiger partial charge is 0.459 e. The van der Waals surface area contributed by atoms with Gasteiger partial charge in [0.2, 0.25) is 0 Å². The molecule has 0 radical (unpaired) electrons. The van der Waals surface area contributed by atoms with Crippen LogP contribution in [-0.4, -0.2) is 48.0 Å². The maximum Gasteiger partial charge on any atom is 0.432 e. The van der Waals surface area contributed by atoms with Gasteiger partial charge >= 0.3 is 33.5 Å². The Bertz CT molecular complexity index is 666. The second kappa shape index (κ2) is 7.86. The first kappa shape index (κ1) is 23.5. The molecule has 1 atom stereocenters. The van der Waals surface area contributed by atoms with Gasteiger partial charge in [0.05, 0.1) is 5.92 Å². The van der Waals surface area contributed by atoms with Crippen LogP contribution in [0.4, 0.5) is 22.0 Å². The Morgan fingerprint density at radius 2 is 1.67 bits per heavy atom. The predicted octanol–water partition coefficient (Wildman–Crippen LogP) is 2.84. The maximum atomic E-state index is 13.4. The van der Waals surface area contributed by atoms with Crippen molar-refractivity contribution >= 4 is 22.1 Å². The molecule has 0 saturated heterocycles. The van der Waals surface area contributed by atoms with Crippen molar-refractivity contribution in [3.05, 3.63) is 0 Å².